The van der Waals surface area contributed by atoms with Crippen LogP contribution < -0.4 is 21.1 Å². The van der Waals surface area contributed by atoms with E-state index in [2.05, 4.69) is 10.6 Å². The van der Waals surface area contributed by atoms with E-state index < -0.39 is 29.5 Å². The molecule has 0 radical (unpaired) electrons. The molecule has 0 heterocycles. The molecule has 2 aromatic carbocycles. The minimum Gasteiger partial charge on any atom is -0.451 e. The molecule has 158 valence electrons. The van der Waals surface area contributed by atoms with Crippen molar-refractivity contribution >= 4 is 24.2 Å². The van der Waals surface area contributed by atoms with E-state index in [4.69, 9.17) is 10.5 Å². The van der Waals surface area contributed by atoms with Gasteiger partial charge in [-0.05, 0) is 35.7 Å². The zero-order chi connectivity index (χ0) is 20.7. The number of hydrogen-bond donors (Lipinski definition) is 3. The van der Waals surface area contributed by atoms with Crippen molar-refractivity contribution in [1.82, 2.24) is 10.6 Å². The van der Waals surface area contributed by atoms with Gasteiger partial charge in [0.15, 0.2) is 23.1 Å². The zero-order valence-corrected chi connectivity index (χ0v) is 16.9. The van der Waals surface area contributed by atoms with Gasteiger partial charge in [0.25, 0.3) is 0 Å². The molecule has 2 rings (SSSR count). The summed E-state index contributed by atoms with van der Waals surface area (Å²) in [6, 6.07) is 9.08. The number of amides is 2. The number of ether oxygens (including phenoxy) is 1. The summed E-state index contributed by atoms with van der Waals surface area (Å²) < 4.78 is 33.0. The predicted molar refractivity (Wildman–Crippen MR) is 108 cm³/mol. The molecule has 0 saturated carbocycles. The van der Waals surface area contributed by atoms with Gasteiger partial charge >= 0.3 is 0 Å². The summed E-state index contributed by atoms with van der Waals surface area (Å²) in [5.74, 6) is -2.39. The van der Waals surface area contributed by atoms with Gasteiger partial charge in [-0.3, -0.25) is 9.59 Å². The zero-order valence-electron chi connectivity index (χ0n) is 16.1. The van der Waals surface area contributed by atoms with Gasteiger partial charge in [-0.25, -0.2) is 8.78 Å². The lowest BCUT2D eigenvalue weighted by Crippen LogP contribution is -2.47. The summed E-state index contributed by atoms with van der Waals surface area (Å²) in [6.45, 7) is 3.44. The van der Waals surface area contributed by atoms with Gasteiger partial charge in [-0.15, -0.1) is 12.4 Å². The highest BCUT2D eigenvalue weighted by atomic mass is 35.5. The van der Waals surface area contributed by atoms with Crippen LogP contribution in [0.4, 0.5) is 8.78 Å². The van der Waals surface area contributed by atoms with Crippen molar-refractivity contribution in [2.24, 2.45) is 11.7 Å². The Labute approximate surface area is 174 Å². The third-order valence-electron chi connectivity index (χ3n) is 3.99. The third-order valence-corrected chi connectivity index (χ3v) is 3.99. The topological polar surface area (TPSA) is 93.5 Å². The van der Waals surface area contributed by atoms with Gasteiger partial charge in [0, 0.05) is 6.54 Å². The lowest BCUT2D eigenvalue weighted by molar-refractivity contribution is -0.127. The number of para-hydroxylation sites is 1. The van der Waals surface area contributed by atoms with Crippen LogP contribution in [0.25, 0.3) is 0 Å². The average molecular weight is 428 g/mol. The Bertz CT molecular complexity index is 849. The molecule has 4 N–H and O–H groups in total. The van der Waals surface area contributed by atoms with Crippen molar-refractivity contribution in [2.45, 2.75) is 26.4 Å². The second-order valence-corrected chi connectivity index (χ2v) is 6.56. The standard InChI is InChI=1S/C20H23F2N3O3.ClH/c1-12(2)19(23)20(27)25-11-18(26)24-10-13-7-8-17(15(22)9-13)28-16-6-4-3-5-14(16)21;/h3-9,12,19H,10-11,23H2,1-2H3,(H,24,26)(H,25,27);1H/t19-;/m0./s1. The lowest BCUT2D eigenvalue weighted by atomic mass is 10.1. The molecule has 0 fully saturated rings. The van der Waals surface area contributed by atoms with Gasteiger partial charge in [0.05, 0.1) is 12.6 Å². The summed E-state index contributed by atoms with van der Waals surface area (Å²) in [4.78, 5) is 23.5. The molecule has 0 saturated heterocycles. The number of nitrogens with two attached hydrogens (primary N) is 1. The summed E-state index contributed by atoms with van der Waals surface area (Å²) >= 11 is 0. The monoisotopic (exact) mass is 427 g/mol. The number of carbonyl (C=O) groups excluding carboxylic acids is 2. The van der Waals surface area contributed by atoms with Crippen LogP contribution >= 0.6 is 12.4 Å². The molecule has 0 unspecified atom stereocenters. The molecule has 0 aliphatic rings. The molecule has 0 aliphatic heterocycles. The molecule has 0 bridgehead atoms. The Morgan fingerprint density at radius 2 is 1.69 bits per heavy atom. The number of carbonyl (C=O) groups is 2. The average Bonchev–Trinajstić information content (AvgIpc) is 2.67. The van der Waals surface area contributed by atoms with E-state index in [1.165, 1.54) is 30.3 Å². The number of nitrogens with one attached hydrogen (secondary N) is 2. The number of halogens is 3. The smallest absolute Gasteiger partial charge is 0.239 e. The van der Waals surface area contributed by atoms with Crippen molar-refractivity contribution in [3.63, 3.8) is 0 Å². The van der Waals surface area contributed by atoms with Crippen LogP contribution in [0.2, 0.25) is 0 Å². The van der Waals surface area contributed by atoms with Gasteiger partial charge < -0.3 is 21.1 Å². The minimum absolute atomic E-state index is 0. The first-order chi connectivity index (χ1) is 13.3. The molecular formula is C20H24ClF2N3O3. The highest BCUT2D eigenvalue weighted by Gasteiger charge is 2.17. The second-order valence-electron chi connectivity index (χ2n) is 6.56. The quantitative estimate of drug-likeness (QED) is 0.604. The maximum absolute atomic E-state index is 14.2. The first-order valence-electron chi connectivity index (χ1n) is 8.78. The Hall–Kier alpha value is -2.71. The Kier molecular flexibility index (Phi) is 9.50. The van der Waals surface area contributed by atoms with Gasteiger partial charge in [-0.1, -0.05) is 32.0 Å². The molecular weight excluding hydrogens is 404 g/mol. The van der Waals surface area contributed by atoms with Crippen LogP contribution in [-0.2, 0) is 16.1 Å². The second kappa shape index (κ2) is 11.3. The number of benzene rings is 2. The largest absolute Gasteiger partial charge is 0.451 e. The first-order valence-corrected chi connectivity index (χ1v) is 8.78. The van der Waals surface area contributed by atoms with E-state index in [9.17, 15) is 18.4 Å². The molecule has 0 aromatic heterocycles. The highest BCUT2D eigenvalue weighted by molar-refractivity contribution is 5.87. The summed E-state index contributed by atoms with van der Waals surface area (Å²) in [7, 11) is 0. The van der Waals surface area contributed by atoms with Crippen molar-refractivity contribution in [1.29, 1.82) is 0 Å². The van der Waals surface area contributed by atoms with Crippen LogP contribution in [0.5, 0.6) is 11.5 Å². The molecule has 1 atom stereocenters. The normalized spacial score (nSPS) is 11.4. The van der Waals surface area contributed by atoms with Gasteiger partial charge in [0.1, 0.15) is 0 Å². The van der Waals surface area contributed by atoms with Crippen molar-refractivity contribution in [3.8, 4) is 11.5 Å². The predicted octanol–water partition coefficient (Wildman–Crippen LogP) is 2.89. The number of rotatable bonds is 8. The molecule has 6 nitrogen and oxygen atoms in total. The number of hydrogen-bond acceptors (Lipinski definition) is 4. The molecule has 9 heteroatoms. The van der Waals surface area contributed by atoms with Gasteiger partial charge in [-0.2, -0.15) is 0 Å². The van der Waals surface area contributed by atoms with E-state index in [0.29, 0.717) is 5.56 Å². The maximum Gasteiger partial charge on any atom is 0.239 e. The fourth-order valence-corrected chi connectivity index (χ4v) is 2.23. The molecule has 2 amide bonds. The van der Waals surface area contributed by atoms with Crippen LogP contribution in [0.1, 0.15) is 19.4 Å². The molecule has 0 aliphatic carbocycles. The van der Waals surface area contributed by atoms with Crippen molar-refractivity contribution < 1.29 is 23.1 Å². The van der Waals surface area contributed by atoms with Crippen LogP contribution in [-0.4, -0.2) is 24.4 Å². The fourth-order valence-electron chi connectivity index (χ4n) is 2.23. The summed E-state index contributed by atoms with van der Waals surface area (Å²) in [6.07, 6.45) is 0. The highest BCUT2D eigenvalue weighted by Crippen LogP contribution is 2.27. The molecule has 2 aromatic rings. The van der Waals surface area contributed by atoms with Crippen LogP contribution in [0.15, 0.2) is 42.5 Å². The first kappa shape index (κ1) is 24.3. The molecule has 29 heavy (non-hydrogen) atoms. The van der Waals surface area contributed by atoms with Crippen molar-refractivity contribution in [3.05, 3.63) is 59.7 Å². The SMILES string of the molecule is CC(C)[C@H](N)C(=O)NCC(=O)NCc1ccc(Oc2ccccc2F)c(F)c1.Cl. The van der Waals surface area contributed by atoms with E-state index in [-0.39, 0.29) is 42.9 Å². The molecule has 0 spiro atoms. The fraction of sp³-hybridized carbons (Fsp3) is 0.300. The van der Waals surface area contributed by atoms with E-state index in [1.54, 1.807) is 26.0 Å². The van der Waals surface area contributed by atoms with Gasteiger partial charge in [0.2, 0.25) is 11.8 Å². The Morgan fingerprint density at radius 1 is 1.03 bits per heavy atom. The van der Waals surface area contributed by atoms with Crippen LogP contribution in [0, 0.1) is 17.6 Å². The lowest BCUT2D eigenvalue weighted by Gasteiger charge is -2.15. The minimum atomic E-state index is -0.691. The Morgan fingerprint density at radius 3 is 2.31 bits per heavy atom. The van der Waals surface area contributed by atoms with Crippen molar-refractivity contribution in [2.75, 3.05) is 6.54 Å². The summed E-state index contributed by atoms with van der Waals surface area (Å²) in [5, 5.41) is 5.01. The third kappa shape index (κ3) is 7.32. The van der Waals surface area contributed by atoms with Crippen LogP contribution in [0.3, 0.4) is 0 Å². The maximum atomic E-state index is 14.2. The summed E-state index contributed by atoms with van der Waals surface area (Å²) in [5.41, 5.74) is 6.17. The van der Waals surface area contributed by atoms with E-state index in [1.807, 2.05) is 0 Å². The van der Waals surface area contributed by atoms with E-state index in [0.717, 1.165) is 0 Å². The Balaban J connectivity index is 0.00000420. The van der Waals surface area contributed by atoms with E-state index >= 15 is 0 Å².